The number of hydrogen-bond donors (Lipinski definition) is 0. The van der Waals surface area contributed by atoms with Crippen molar-refractivity contribution in [2.45, 2.75) is 17.9 Å². The van der Waals surface area contributed by atoms with E-state index in [2.05, 4.69) is 4.98 Å². The Labute approximate surface area is 148 Å². The molecule has 0 aliphatic carbocycles. The summed E-state index contributed by atoms with van der Waals surface area (Å²) >= 11 is 1.42. The summed E-state index contributed by atoms with van der Waals surface area (Å²) in [5, 5.41) is 0.649. The predicted octanol–water partition coefficient (Wildman–Crippen LogP) is 3.34. The third kappa shape index (κ3) is 4.40. The van der Waals surface area contributed by atoms with Crippen molar-refractivity contribution in [3.05, 3.63) is 59.4 Å². The Morgan fingerprint density at radius 2 is 1.84 bits per heavy atom. The van der Waals surface area contributed by atoms with E-state index in [0.29, 0.717) is 5.01 Å². The van der Waals surface area contributed by atoms with Crippen molar-refractivity contribution < 1.29 is 22.3 Å². The molecule has 3 aromatic rings. The SMILES string of the molecule is O=C(CCS(=O)(=O)c1ccc(F)cc1)OCc1nc2ccccc2s1. The molecule has 8 heteroatoms. The van der Waals surface area contributed by atoms with Crippen LogP contribution in [0, 0.1) is 5.82 Å². The smallest absolute Gasteiger partial charge is 0.307 e. The van der Waals surface area contributed by atoms with E-state index in [4.69, 9.17) is 4.74 Å². The molecule has 0 fully saturated rings. The van der Waals surface area contributed by atoms with Crippen LogP contribution in [0.3, 0.4) is 0 Å². The van der Waals surface area contributed by atoms with Crippen LogP contribution < -0.4 is 0 Å². The molecule has 0 atom stereocenters. The summed E-state index contributed by atoms with van der Waals surface area (Å²) in [7, 11) is -3.66. The van der Waals surface area contributed by atoms with E-state index >= 15 is 0 Å². The van der Waals surface area contributed by atoms with Gasteiger partial charge in [-0.2, -0.15) is 0 Å². The minimum absolute atomic E-state index is 0.00871. The number of carbonyl (C=O) groups is 1. The number of benzene rings is 2. The molecule has 2 aromatic carbocycles. The molecule has 0 aliphatic rings. The quantitative estimate of drug-likeness (QED) is 0.485. The lowest BCUT2D eigenvalue weighted by molar-refractivity contribution is -0.144. The molecule has 0 saturated heterocycles. The van der Waals surface area contributed by atoms with Gasteiger partial charge in [-0.05, 0) is 36.4 Å². The molecular weight excluding hydrogens is 365 g/mol. The van der Waals surface area contributed by atoms with Crippen LogP contribution in [0.25, 0.3) is 10.2 Å². The van der Waals surface area contributed by atoms with E-state index in [1.165, 1.54) is 23.5 Å². The first-order valence-electron chi connectivity index (χ1n) is 7.42. The monoisotopic (exact) mass is 379 g/mol. The second-order valence-corrected chi connectivity index (χ2v) is 8.48. The molecule has 0 bridgehead atoms. The number of thiazole rings is 1. The fourth-order valence-electron chi connectivity index (χ4n) is 2.17. The minimum Gasteiger partial charge on any atom is -0.458 e. The lowest BCUT2D eigenvalue weighted by Crippen LogP contribution is -2.13. The summed E-state index contributed by atoms with van der Waals surface area (Å²) < 4.78 is 43.1. The minimum atomic E-state index is -3.66. The van der Waals surface area contributed by atoms with E-state index in [9.17, 15) is 17.6 Å². The van der Waals surface area contributed by atoms with Gasteiger partial charge in [-0.1, -0.05) is 12.1 Å². The van der Waals surface area contributed by atoms with E-state index in [1.54, 1.807) is 0 Å². The van der Waals surface area contributed by atoms with Crippen LogP contribution in [-0.2, 0) is 26.0 Å². The molecule has 0 amide bonds. The number of fused-ring (bicyclic) bond motifs is 1. The van der Waals surface area contributed by atoms with Crippen LogP contribution in [0.2, 0.25) is 0 Å². The third-order valence-corrected chi connectivity index (χ3v) is 6.18. The number of nitrogens with zero attached hydrogens (tertiary/aromatic N) is 1. The van der Waals surface area contributed by atoms with Crippen LogP contribution in [0.1, 0.15) is 11.4 Å². The number of esters is 1. The van der Waals surface area contributed by atoms with Crippen molar-refractivity contribution in [2.24, 2.45) is 0 Å². The molecule has 0 N–H and O–H groups in total. The molecule has 1 heterocycles. The Balaban J connectivity index is 1.54. The number of hydrogen-bond acceptors (Lipinski definition) is 6. The number of carbonyl (C=O) groups excluding carboxylic acids is 1. The molecular formula is C17H14FNO4S2. The molecule has 5 nitrogen and oxygen atoms in total. The van der Waals surface area contributed by atoms with Gasteiger partial charge in [0.1, 0.15) is 17.4 Å². The van der Waals surface area contributed by atoms with Gasteiger partial charge >= 0.3 is 5.97 Å². The topological polar surface area (TPSA) is 73.3 Å². The van der Waals surface area contributed by atoms with Crippen LogP contribution in [0.15, 0.2) is 53.4 Å². The van der Waals surface area contributed by atoms with Crippen molar-refractivity contribution in [2.75, 3.05) is 5.75 Å². The highest BCUT2D eigenvalue weighted by atomic mass is 32.2. The van der Waals surface area contributed by atoms with Crippen LogP contribution >= 0.6 is 11.3 Å². The molecule has 3 rings (SSSR count). The van der Waals surface area contributed by atoms with Crippen LogP contribution in [0.5, 0.6) is 0 Å². The molecule has 130 valence electrons. The zero-order valence-corrected chi connectivity index (χ0v) is 14.6. The van der Waals surface area contributed by atoms with Gasteiger partial charge in [-0.15, -0.1) is 11.3 Å². The summed E-state index contributed by atoms with van der Waals surface area (Å²) in [4.78, 5) is 16.1. The first-order chi connectivity index (χ1) is 11.9. The number of aromatic nitrogens is 1. The normalized spacial score (nSPS) is 11.6. The van der Waals surface area contributed by atoms with Gasteiger partial charge in [0.15, 0.2) is 9.84 Å². The lowest BCUT2D eigenvalue weighted by atomic mass is 10.3. The molecule has 0 radical (unpaired) electrons. The maximum atomic E-state index is 12.9. The first-order valence-corrected chi connectivity index (χ1v) is 9.89. The number of ether oxygens (including phenoxy) is 1. The van der Waals surface area contributed by atoms with Crippen molar-refractivity contribution in [1.29, 1.82) is 0 Å². The highest BCUT2D eigenvalue weighted by Gasteiger charge is 2.17. The standard InChI is InChI=1S/C17H14FNO4S2/c18-12-5-7-13(8-6-12)25(21,22)10-9-17(20)23-11-16-19-14-3-1-2-4-15(14)24-16/h1-8H,9-11H2. The van der Waals surface area contributed by atoms with Gasteiger partial charge in [0, 0.05) is 0 Å². The van der Waals surface area contributed by atoms with Gasteiger partial charge in [-0.3, -0.25) is 4.79 Å². The summed E-state index contributed by atoms with van der Waals surface area (Å²) in [6.45, 7) is 0.00871. The largest absolute Gasteiger partial charge is 0.458 e. The van der Waals surface area contributed by atoms with Crippen LogP contribution in [-0.4, -0.2) is 25.1 Å². The Bertz CT molecular complexity index is 964. The first kappa shape index (κ1) is 17.5. The van der Waals surface area contributed by atoms with Crippen molar-refractivity contribution in [3.63, 3.8) is 0 Å². The van der Waals surface area contributed by atoms with Gasteiger partial charge in [0.25, 0.3) is 0 Å². The van der Waals surface area contributed by atoms with Gasteiger partial charge < -0.3 is 4.74 Å². The second-order valence-electron chi connectivity index (χ2n) is 5.26. The number of halogens is 1. The molecule has 0 spiro atoms. The maximum Gasteiger partial charge on any atom is 0.307 e. The van der Waals surface area contributed by atoms with Crippen LogP contribution in [0.4, 0.5) is 4.39 Å². The van der Waals surface area contributed by atoms with Gasteiger partial charge in [0.05, 0.1) is 27.3 Å². The Morgan fingerprint density at radius 1 is 1.12 bits per heavy atom. The fraction of sp³-hybridized carbons (Fsp3) is 0.176. The van der Waals surface area contributed by atoms with E-state index in [-0.39, 0.29) is 17.9 Å². The fourth-order valence-corrected chi connectivity index (χ4v) is 4.28. The average molecular weight is 379 g/mol. The summed E-state index contributed by atoms with van der Waals surface area (Å²) in [6.07, 6.45) is -0.273. The number of para-hydroxylation sites is 1. The molecule has 25 heavy (non-hydrogen) atoms. The highest BCUT2D eigenvalue weighted by Crippen LogP contribution is 2.22. The van der Waals surface area contributed by atoms with Crippen molar-refractivity contribution in [3.8, 4) is 0 Å². The maximum absolute atomic E-state index is 12.9. The van der Waals surface area contributed by atoms with Crippen molar-refractivity contribution in [1.82, 2.24) is 4.98 Å². The summed E-state index contributed by atoms with van der Waals surface area (Å²) in [5.74, 6) is -1.53. The van der Waals surface area contributed by atoms with E-state index in [0.717, 1.165) is 22.3 Å². The van der Waals surface area contributed by atoms with Gasteiger partial charge in [0.2, 0.25) is 0 Å². The zero-order chi connectivity index (χ0) is 17.9. The van der Waals surface area contributed by atoms with Gasteiger partial charge in [-0.25, -0.2) is 17.8 Å². The predicted molar refractivity (Wildman–Crippen MR) is 92.5 cm³/mol. The molecule has 0 aliphatic heterocycles. The third-order valence-electron chi connectivity index (χ3n) is 3.44. The molecule has 1 aromatic heterocycles. The molecule has 0 unspecified atom stereocenters. The van der Waals surface area contributed by atoms with Crippen molar-refractivity contribution >= 4 is 37.4 Å². The molecule has 0 saturated carbocycles. The Kier molecular flexibility index (Phi) is 5.10. The van der Waals surface area contributed by atoms with E-state index in [1.807, 2.05) is 24.3 Å². The average Bonchev–Trinajstić information content (AvgIpc) is 3.01. The summed E-state index contributed by atoms with van der Waals surface area (Å²) in [5.41, 5.74) is 0.831. The second kappa shape index (κ2) is 7.28. The Hall–Kier alpha value is -2.32. The number of sulfone groups is 1. The highest BCUT2D eigenvalue weighted by molar-refractivity contribution is 7.91. The van der Waals surface area contributed by atoms with E-state index < -0.39 is 27.4 Å². The lowest BCUT2D eigenvalue weighted by Gasteiger charge is -2.05. The Morgan fingerprint density at radius 3 is 2.56 bits per heavy atom. The summed E-state index contributed by atoms with van der Waals surface area (Å²) in [6, 6.07) is 12.1. The number of rotatable bonds is 6. The zero-order valence-electron chi connectivity index (χ0n) is 13.0.